The zero-order valence-corrected chi connectivity index (χ0v) is 7.91. The molecule has 2 fully saturated rings. The molecule has 5 unspecified atom stereocenters. The van der Waals surface area contributed by atoms with Crippen LogP contribution in [0.3, 0.4) is 0 Å². The molecule has 2 bridgehead atoms. The molecule has 0 amide bonds. The summed E-state index contributed by atoms with van der Waals surface area (Å²) >= 11 is 0. The molecular formula is C10H16O2. The van der Waals surface area contributed by atoms with Crippen LogP contribution in [0.5, 0.6) is 0 Å². The van der Waals surface area contributed by atoms with Gasteiger partial charge in [0, 0.05) is 0 Å². The largest absolute Gasteiger partial charge is 0.462 e. The first-order valence-electron chi connectivity index (χ1n) is 4.81. The predicted octanol–water partition coefficient (Wildman–Crippen LogP) is 1.84. The zero-order chi connectivity index (χ0) is 8.88. The van der Waals surface area contributed by atoms with E-state index in [4.69, 9.17) is 4.74 Å². The molecule has 0 N–H and O–H groups in total. The molecular weight excluding hydrogens is 152 g/mol. The Balaban J connectivity index is 2.26. The second kappa shape index (κ2) is 2.48. The second-order valence-electron chi connectivity index (χ2n) is 4.37. The lowest BCUT2D eigenvalue weighted by Crippen LogP contribution is -2.31. The van der Waals surface area contributed by atoms with Crippen molar-refractivity contribution in [3.63, 3.8) is 0 Å². The van der Waals surface area contributed by atoms with E-state index >= 15 is 0 Å². The van der Waals surface area contributed by atoms with Crippen LogP contribution in [0.1, 0.15) is 27.2 Å². The minimum Gasteiger partial charge on any atom is -0.462 e. The first-order chi connectivity index (χ1) is 5.61. The standard InChI is InChI=1S/C10H16O2/c1-5-6(2)9-4-8(5)7(3)12-10(9)11/h5-9H,4H2,1-3H3. The summed E-state index contributed by atoms with van der Waals surface area (Å²) in [6.07, 6.45) is 1.20. The van der Waals surface area contributed by atoms with Gasteiger partial charge in [0.1, 0.15) is 6.10 Å². The van der Waals surface area contributed by atoms with E-state index in [0.717, 1.165) is 6.42 Å². The Labute approximate surface area is 73.3 Å². The highest BCUT2D eigenvalue weighted by molar-refractivity contribution is 5.74. The summed E-state index contributed by atoms with van der Waals surface area (Å²) in [5.74, 6) is 2.02. The summed E-state index contributed by atoms with van der Waals surface area (Å²) in [4.78, 5) is 11.4. The van der Waals surface area contributed by atoms with Gasteiger partial charge in [-0.25, -0.2) is 0 Å². The van der Waals surface area contributed by atoms with E-state index in [0.29, 0.717) is 17.8 Å². The number of carbonyl (C=O) groups excluding carboxylic acids is 1. The van der Waals surface area contributed by atoms with Crippen LogP contribution in [-0.4, -0.2) is 12.1 Å². The minimum atomic E-state index is 0.0376. The number of fused-ring (bicyclic) bond motifs is 2. The van der Waals surface area contributed by atoms with Crippen LogP contribution in [0.2, 0.25) is 0 Å². The Morgan fingerprint density at radius 1 is 1.25 bits per heavy atom. The van der Waals surface area contributed by atoms with E-state index in [1.807, 2.05) is 6.92 Å². The lowest BCUT2D eigenvalue weighted by Gasteiger charge is -2.26. The van der Waals surface area contributed by atoms with Gasteiger partial charge < -0.3 is 4.74 Å². The Morgan fingerprint density at radius 2 is 1.92 bits per heavy atom. The van der Waals surface area contributed by atoms with Crippen LogP contribution < -0.4 is 0 Å². The average molecular weight is 168 g/mol. The van der Waals surface area contributed by atoms with Gasteiger partial charge in [-0.2, -0.15) is 0 Å². The lowest BCUT2D eigenvalue weighted by atomic mass is 9.89. The summed E-state index contributed by atoms with van der Waals surface area (Å²) in [6.45, 7) is 6.44. The summed E-state index contributed by atoms with van der Waals surface area (Å²) < 4.78 is 5.28. The highest BCUT2D eigenvalue weighted by atomic mass is 16.5. The van der Waals surface area contributed by atoms with Crippen molar-refractivity contribution in [1.29, 1.82) is 0 Å². The number of carbonyl (C=O) groups is 1. The van der Waals surface area contributed by atoms with Crippen molar-refractivity contribution in [2.45, 2.75) is 33.3 Å². The fourth-order valence-corrected chi connectivity index (χ4v) is 2.77. The Kier molecular flexibility index (Phi) is 1.67. The first-order valence-corrected chi connectivity index (χ1v) is 4.81. The summed E-state index contributed by atoms with van der Waals surface area (Å²) in [5.41, 5.74) is 0. The van der Waals surface area contributed by atoms with Crippen LogP contribution in [0, 0.1) is 23.7 Å². The Morgan fingerprint density at radius 3 is 2.58 bits per heavy atom. The van der Waals surface area contributed by atoms with Crippen molar-refractivity contribution in [2.24, 2.45) is 23.7 Å². The van der Waals surface area contributed by atoms with Crippen LogP contribution in [0.25, 0.3) is 0 Å². The van der Waals surface area contributed by atoms with Gasteiger partial charge in [0.2, 0.25) is 0 Å². The molecule has 1 aliphatic heterocycles. The molecule has 1 saturated carbocycles. The van der Waals surface area contributed by atoms with Gasteiger partial charge in [-0.15, -0.1) is 0 Å². The number of cyclic esters (lactones) is 1. The maximum absolute atomic E-state index is 11.4. The second-order valence-corrected chi connectivity index (χ2v) is 4.37. The van der Waals surface area contributed by atoms with E-state index in [9.17, 15) is 4.79 Å². The monoisotopic (exact) mass is 168 g/mol. The molecule has 1 heterocycles. The van der Waals surface area contributed by atoms with Crippen molar-refractivity contribution in [2.75, 3.05) is 0 Å². The highest BCUT2D eigenvalue weighted by Gasteiger charge is 2.49. The molecule has 68 valence electrons. The lowest BCUT2D eigenvalue weighted by molar-refractivity contribution is -0.160. The molecule has 1 saturated heterocycles. The number of hydrogen-bond donors (Lipinski definition) is 0. The molecule has 0 radical (unpaired) electrons. The maximum Gasteiger partial charge on any atom is 0.309 e. The number of rotatable bonds is 0. The number of ether oxygens (including phenoxy) is 1. The molecule has 2 aliphatic rings. The van der Waals surface area contributed by atoms with Crippen LogP contribution in [-0.2, 0) is 9.53 Å². The molecule has 0 aromatic heterocycles. The van der Waals surface area contributed by atoms with Gasteiger partial charge in [0.25, 0.3) is 0 Å². The fraction of sp³-hybridized carbons (Fsp3) is 0.900. The van der Waals surface area contributed by atoms with E-state index in [1.54, 1.807) is 0 Å². The van der Waals surface area contributed by atoms with Crippen molar-refractivity contribution in [1.82, 2.24) is 0 Å². The van der Waals surface area contributed by atoms with Crippen LogP contribution in [0.4, 0.5) is 0 Å². The first kappa shape index (κ1) is 8.09. The quantitative estimate of drug-likeness (QED) is 0.516. The molecule has 0 aromatic carbocycles. The van der Waals surface area contributed by atoms with Gasteiger partial charge >= 0.3 is 5.97 Å². The van der Waals surface area contributed by atoms with E-state index in [1.165, 1.54) is 0 Å². The Bertz CT molecular complexity index is 212. The highest BCUT2D eigenvalue weighted by Crippen LogP contribution is 2.47. The third-order valence-electron chi connectivity index (χ3n) is 3.87. The Hall–Kier alpha value is -0.530. The average Bonchev–Trinajstić information content (AvgIpc) is 2.26. The number of hydrogen-bond acceptors (Lipinski definition) is 2. The summed E-state index contributed by atoms with van der Waals surface area (Å²) in [5, 5.41) is 0. The molecule has 0 aromatic rings. The van der Waals surface area contributed by atoms with Crippen LogP contribution >= 0.6 is 0 Å². The normalized spacial score (nSPS) is 52.2. The molecule has 0 spiro atoms. The van der Waals surface area contributed by atoms with E-state index < -0.39 is 0 Å². The van der Waals surface area contributed by atoms with Crippen molar-refractivity contribution in [3.05, 3.63) is 0 Å². The third-order valence-corrected chi connectivity index (χ3v) is 3.87. The van der Waals surface area contributed by atoms with Gasteiger partial charge in [-0.3, -0.25) is 4.79 Å². The topological polar surface area (TPSA) is 26.3 Å². The van der Waals surface area contributed by atoms with Gasteiger partial charge in [-0.1, -0.05) is 13.8 Å². The van der Waals surface area contributed by atoms with Crippen molar-refractivity contribution < 1.29 is 9.53 Å². The van der Waals surface area contributed by atoms with Gasteiger partial charge in [0.15, 0.2) is 0 Å². The SMILES string of the molecule is CC1OC(=O)C2CC1C(C)C2C. The fourth-order valence-electron chi connectivity index (χ4n) is 2.77. The van der Waals surface area contributed by atoms with Crippen molar-refractivity contribution in [3.8, 4) is 0 Å². The van der Waals surface area contributed by atoms with Gasteiger partial charge in [0.05, 0.1) is 5.92 Å². The summed E-state index contributed by atoms with van der Waals surface area (Å²) in [6, 6.07) is 0. The number of esters is 1. The van der Waals surface area contributed by atoms with Gasteiger partial charge in [-0.05, 0) is 31.1 Å². The van der Waals surface area contributed by atoms with Crippen molar-refractivity contribution >= 4 is 5.97 Å². The van der Waals surface area contributed by atoms with E-state index in [2.05, 4.69) is 13.8 Å². The summed E-state index contributed by atoms with van der Waals surface area (Å²) in [7, 11) is 0. The predicted molar refractivity (Wildman–Crippen MR) is 45.5 cm³/mol. The minimum absolute atomic E-state index is 0.0376. The molecule has 1 aliphatic carbocycles. The maximum atomic E-state index is 11.4. The zero-order valence-electron chi connectivity index (χ0n) is 7.91. The molecule has 2 heteroatoms. The third kappa shape index (κ3) is 0.900. The smallest absolute Gasteiger partial charge is 0.309 e. The van der Waals surface area contributed by atoms with E-state index in [-0.39, 0.29) is 18.0 Å². The molecule has 2 nitrogen and oxygen atoms in total. The molecule has 2 rings (SSSR count). The molecule has 12 heavy (non-hydrogen) atoms. The van der Waals surface area contributed by atoms with Crippen LogP contribution in [0.15, 0.2) is 0 Å². The molecule has 5 atom stereocenters.